The number of rotatable bonds is 1. The van der Waals surface area contributed by atoms with Gasteiger partial charge in [-0.1, -0.05) is 18.2 Å². The lowest BCUT2D eigenvalue weighted by Crippen LogP contribution is -1.76. The van der Waals surface area contributed by atoms with E-state index in [0.717, 1.165) is 11.1 Å². The molecule has 2 nitrogen and oxygen atoms in total. The minimum Gasteiger partial charge on any atom is -0.706 e. The molecule has 0 spiro atoms. The SMILES string of the molecule is Cc1cccc(C)c1N=[N-]. The second-order valence-electron chi connectivity index (χ2n) is 2.34. The van der Waals surface area contributed by atoms with Gasteiger partial charge in [0.1, 0.15) is 0 Å². The predicted octanol–water partition coefficient (Wildman–Crippen LogP) is 2.96. The minimum atomic E-state index is 0.683. The highest BCUT2D eigenvalue weighted by Crippen LogP contribution is 2.22. The number of benzene rings is 1. The van der Waals surface area contributed by atoms with Crippen LogP contribution in [0.1, 0.15) is 11.1 Å². The molecular weight excluding hydrogens is 124 g/mol. The van der Waals surface area contributed by atoms with Crippen molar-refractivity contribution in [1.82, 2.24) is 0 Å². The first-order valence-corrected chi connectivity index (χ1v) is 3.17. The molecule has 0 aliphatic heterocycles. The van der Waals surface area contributed by atoms with Gasteiger partial charge in [0.05, 0.1) is 0 Å². The Bertz CT molecular complexity index is 233. The lowest BCUT2D eigenvalue weighted by Gasteiger charge is -2.05. The second kappa shape index (κ2) is 2.60. The van der Waals surface area contributed by atoms with Gasteiger partial charge in [0.25, 0.3) is 0 Å². The number of nitrogens with zero attached hydrogens (tertiary/aromatic N) is 2. The molecule has 0 radical (unpaired) electrons. The van der Waals surface area contributed by atoms with E-state index < -0.39 is 0 Å². The lowest BCUT2D eigenvalue weighted by molar-refractivity contribution is 1.32. The third-order valence-corrected chi connectivity index (χ3v) is 1.54. The molecule has 0 saturated carbocycles. The standard InChI is InChI=1S/C8H9N2/c1-6-4-3-5-7(2)8(6)10-9/h3-5H,1-2H3/q-1. The van der Waals surface area contributed by atoms with E-state index in [1.54, 1.807) is 0 Å². The van der Waals surface area contributed by atoms with Crippen LogP contribution in [-0.2, 0) is 0 Å². The first kappa shape index (κ1) is 6.93. The molecule has 0 fully saturated rings. The van der Waals surface area contributed by atoms with E-state index in [9.17, 15) is 0 Å². The topological polar surface area (TPSA) is 34.7 Å². The van der Waals surface area contributed by atoms with Crippen molar-refractivity contribution in [2.24, 2.45) is 5.11 Å². The average Bonchev–Trinajstić information content (AvgIpc) is 1.88. The van der Waals surface area contributed by atoms with E-state index in [1.807, 2.05) is 32.0 Å². The Morgan fingerprint density at radius 3 is 2.00 bits per heavy atom. The summed E-state index contributed by atoms with van der Waals surface area (Å²) < 4.78 is 0. The van der Waals surface area contributed by atoms with E-state index in [1.165, 1.54) is 0 Å². The van der Waals surface area contributed by atoms with Crippen LogP contribution < -0.4 is 0 Å². The third kappa shape index (κ3) is 1.05. The zero-order valence-corrected chi connectivity index (χ0v) is 6.13. The van der Waals surface area contributed by atoms with E-state index in [4.69, 9.17) is 5.53 Å². The Labute approximate surface area is 60.4 Å². The summed E-state index contributed by atoms with van der Waals surface area (Å²) in [5, 5.41) is 3.17. The van der Waals surface area contributed by atoms with Crippen molar-refractivity contribution < 1.29 is 0 Å². The molecular formula is C8H9N2-. The van der Waals surface area contributed by atoms with Crippen LogP contribution in [0.15, 0.2) is 23.3 Å². The van der Waals surface area contributed by atoms with Crippen LogP contribution in [0.25, 0.3) is 5.53 Å². The van der Waals surface area contributed by atoms with Gasteiger partial charge >= 0.3 is 0 Å². The Kier molecular flexibility index (Phi) is 1.81. The molecule has 0 saturated heterocycles. The van der Waals surface area contributed by atoms with E-state index >= 15 is 0 Å². The summed E-state index contributed by atoms with van der Waals surface area (Å²) in [5.74, 6) is 0. The molecule has 0 aliphatic carbocycles. The summed E-state index contributed by atoms with van der Waals surface area (Å²) in [5.41, 5.74) is 11.2. The van der Waals surface area contributed by atoms with Crippen LogP contribution in [0, 0.1) is 13.8 Å². The summed E-state index contributed by atoms with van der Waals surface area (Å²) in [6, 6.07) is 5.78. The van der Waals surface area contributed by atoms with Gasteiger partial charge in [-0.25, -0.2) is 0 Å². The van der Waals surface area contributed by atoms with Gasteiger partial charge in [-0.2, -0.15) is 0 Å². The van der Waals surface area contributed by atoms with Crippen LogP contribution in [0.4, 0.5) is 5.69 Å². The Balaban J connectivity index is 3.30. The van der Waals surface area contributed by atoms with E-state index in [-0.39, 0.29) is 0 Å². The fourth-order valence-electron chi connectivity index (χ4n) is 0.963. The Morgan fingerprint density at radius 2 is 1.70 bits per heavy atom. The molecule has 0 N–H and O–H groups in total. The number of aryl methyl sites for hydroxylation is 2. The predicted molar refractivity (Wildman–Crippen MR) is 41.4 cm³/mol. The van der Waals surface area contributed by atoms with Crippen molar-refractivity contribution >= 4 is 5.69 Å². The molecule has 0 heterocycles. The quantitative estimate of drug-likeness (QED) is 0.528. The van der Waals surface area contributed by atoms with Gasteiger partial charge in [0.2, 0.25) is 0 Å². The summed E-state index contributed by atoms with van der Waals surface area (Å²) in [7, 11) is 0. The van der Waals surface area contributed by atoms with Crippen molar-refractivity contribution in [3.63, 3.8) is 0 Å². The lowest BCUT2D eigenvalue weighted by atomic mass is 10.1. The van der Waals surface area contributed by atoms with Crippen LogP contribution >= 0.6 is 0 Å². The monoisotopic (exact) mass is 133 g/mol. The molecule has 0 amide bonds. The molecule has 2 heteroatoms. The van der Waals surface area contributed by atoms with E-state index in [2.05, 4.69) is 5.11 Å². The first-order chi connectivity index (χ1) is 4.75. The maximum absolute atomic E-state index is 8.52. The normalized spacial score (nSPS) is 9.40. The van der Waals surface area contributed by atoms with Crippen molar-refractivity contribution in [2.45, 2.75) is 13.8 Å². The number of hydrogen-bond donors (Lipinski definition) is 0. The highest BCUT2D eigenvalue weighted by molar-refractivity contribution is 5.51. The zero-order valence-electron chi connectivity index (χ0n) is 6.13. The largest absolute Gasteiger partial charge is 0.706 e. The van der Waals surface area contributed by atoms with Gasteiger partial charge < -0.3 is 10.6 Å². The molecule has 0 aliphatic rings. The van der Waals surface area contributed by atoms with Crippen LogP contribution in [-0.4, -0.2) is 0 Å². The smallest absolute Gasteiger partial charge is 0.0455 e. The van der Waals surface area contributed by atoms with Crippen molar-refractivity contribution in [3.8, 4) is 0 Å². The molecule has 0 aromatic heterocycles. The van der Waals surface area contributed by atoms with Gasteiger partial charge in [0, 0.05) is 5.69 Å². The van der Waals surface area contributed by atoms with Crippen molar-refractivity contribution in [2.75, 3.05) is 0 Å². The van der Waals surface area contributed by atoms with Gasteiger partial charge in [-0.3, -0.25) is 0 Å². The molecule has 0 atom stereocenters. The maximum atomic E-state index is 8.52. The maximum Gasteiger partial charge on any atom is 0.0455 e. The van der Waals surface area contributed by atoms with E-state index in [0.29, 0.717) is 5.69 Å². The van der Waals surface area contributed by atoms with Crippen molar-refractivity contribution in [1.29, 1.82) is 0 Å². The molecule has 1 aromatic rings. The van der Waals surface area contributed by atoms with Gasteiger partial charge in [-0.05, 0) is 25.0 Å². The number of hydrogen-bond acceptors (Lipinski definition) is 1. The third-order valence-electron chi connectivity index (χ3n) is 1.54. The molecule has 52 valence electrons. The Morgan fingerprint density at radius 1 is 1.20 bits per heavy atom. The van der Waals surface area contributed by atoms with Crippen LogP contribution in [0.2, 0.25) is 0 Å². The zero-order chi connectivity index (χ0) is 7.56. The fraction of sp³-hybridized carbons (Fsp3) is 0.250. The molecule has 0 unspecified atom stereocenters. The fourth-order valence-corrected chi connectivity index (χ4v) is 0.963. The molecule has 1 aromatic carbocycles. The molecule has 0 bridgehead atoms. The molecule has 10 heavy (non-hydrogen) atoms. The summed E-state index contributed by atoms with van der Waals surface area (Å²) in [6.07, 6.45) is 0. The molecule has 1 rings (SSSR count). The Hall–Kier alpha value is -1.18. The van der Waals surface area contributed by atoms with Crippen LogP contribution in [0.5, 0.6) is 0 Å². The van der Waals surface area contributed by atoms with Gasteiger partial charge in [0.15, 0.2) is 0 Å². The second-order valence-corrected chi connectivity index (χ2v) is 2.34. The summed E-state index contributed by atoms with van der Waals surface area (Å²) >= 11 is 0. The average molecular weight is 133 g/mol. The first-order valence-electron chi connectivity index (χ1n) is 3.17. The minimum absolute atomic E-state index is 0.683. The van der Waals surface area contributed by atoms with Crippen molar-refractivity contribution in [3.05, 3.63) is 34.9 Å². The summed E-state index contributed by atoms with van der Waals surface area (Å²) in [4.78, 5) is 0. The summed E-state index contributed by atoms with van der Waals surface area (Å²) in [6.45, 7) is 3.84. The van der Waals surface area contributed by atoms with Gasteiger partial charge in [-0.15, -0.1) is 0 Å². The highest BCUT2D eigenvalue weighted by atomic mass is 15.0. The van der Waals surface area contributed by atoms with Crippen LogP contribution in [0.3, 0.4) is 0 Å². The highest BCUT2D eigenvalue weighted by Gasteiger charge is 1.93.